The molecule has 20 heavy (non-hydrogen) atoms. The molecule has 0 aliphatic rings. The number of aromatic nitrogens is 3. The second-order valence-electron chi connectivity index (χ2n) is 5.35. The van der Waals surface area contributed by atoms with Gasteiger partial charge in [-0.25, -0.2) is 4.68 Å². The first-order chi connectivity index (χ1) is 9.77. The molecule has 0 N–H and O–H groups in total. The quantitative estimate of drug-likeness (QED) is 0.698. The van der Waals surface area contributed by atoms with Crippen molar-refractivity contribution in [2.24, 2.45) is 0 Å². The van der Waals surface area contributed by atoms with Gasteiger partial charge in [-0.1, -0.05) is 56.9 Å². The first kappa shape index (κ1) is 15.4. The monoisotopic (exact) mass is 291 g/mol. The SMILES string of the molecule is CCCCC(CCCC)(SC)n1nnc2ccccc21. The van der Waals surface area contributed by atoms with Crippen molar-refractivity contribution < 1.29 is 0 Å². The number of unbranched alkanes of at least 4 members (excludes halogenated alkanes) is 2. The first-order valence-electron chi connectivity index (χ1n) is 7.63. The Labute approximate surface area is 126 Å². The summed E-state index contributed by atoms with van der Waals surface area (Å²) in [5.74, 6) is 0. The molecule has 0 fully saturated rings. The molecule has 0 atom stereocenters. The Morgan fingerprint density at radius 2 is 1.75 bits per heavy atom. The molecular formula is C16H25N3S. The lowest BCUT2D eigenvalue weighted by molar-refractivity contribution is 0.334. The largest absolute Gasteiger partial charge is 0.229 e. The molecule has 110 valence electrons. The second kappa shape index (κ2) is 7.11. The summed E-state index contributed by atoms with van der Waals surface area (Å²) >= 11 is 1.93. The molecule has 0 radical (unpaired) electrons. The molecule has 0 aliphatic heterocycles. The number of hydrogen-bond acceptors (Lipinski definition) is 3. The maximum absolute atomic E-state index is 4.49. The molecular weight excluding hydrogens is 266 g/mol. The smallest absolute Gasteiger partial charge is 0.113 e. The van der Waals surface area contributed by atoms with Crippen molar-refractivity contribution in [2.75, 3.05) is 6.26 Å². The van der Waals surface area contributed by atoms with Gasteiger partial charge in [-0.3, -0.25) is 0 Å². The molecule has 0 spiro atoms. The van der Waals surface area contributed by atoms with Crippen LogP contribution < -0.4 is 0 Å². The predicted octanol–water partition coefficient (Wildman–Crippen LogP) is 4.83. The Bertz CT molecular complexity index is 527. The highest BCUT2D eigenvalue weighted by Gasteiger charge is 2.32. The maximum Gasteiger partial charge on any atom is 0.113 e. The van der Waals surface area contributed by atoms with Crippen LogP contribution in [0.2, 0.25) is 0 Å². The lowest BCUT2D eigenvalue weighted by atomic mass is 10.0. The van der Waals surface area contributed by atoms with Crippen LogP contribution in [-0.4, -0.2) is 21.2 Å². The van der Waals surface area contributed by atoms with E-state index in [1.807, 2.05) is 23.9 Å². The van der Waals surface area contributed by atoms with Gasteiger partial charge in [0.15, 0.2) is 0 Å². The second-order valence-corrected chi connectivity index (χ2v) is 6.52. The van der Waals surface area contributed by atoms with Crippen molar-refractivity contribution in [2.45, 2.75) is 57.2 Å². The zero-order valence-electron chi connectivity index (χ0n) is 12.8. The van der Waals surface area contributed by atoms with Gasteiger partial charge in [-0.15, -0.1) is 16.9 Å². The number of fused-ring (bicyclic) bond motifs is 1. The Morgan fingerprint density at radius 1 is 1.10 bits per heavy atom. The minimum absolute atomic E-state index is 0.0577. The molecule has 0 aliphatic carbocycles. The van der Waals surface area contributed by atoms with E-state index in [4.69, 9.17) is 0 Å². The molecule has 0 saturated carbocycles. The summed E-state index contributed by atoms with van der Waals surface area (Å²) in [6.07, 6.45) is 9.46. The Balaban J connectivity index is 2.42. The molecule has 4 heteroatoms. The van der Waals surface area contributed by atoms with E-state index in [1.165, 1.54) is 25.7 Å². The van der Waals surface area contributed by atoms with Crippen molar-refractivity contribution >= 4 is 22.8 Å². The van der Waals surface area contributed by atoms with Crippen LogP contribution in [0.5, 0.6) is 0 Å². The van der Waals surface area contributed by atoms with Gasteiger partial charge in [-0.05, 0) is 31.2 Å². The third-order valence-electron chi connectivity index (χ3n) is 3.96. The summed E-state index contributed by atoms with van der Waals surface area (Å²) in [4.78, 5) is 0.0577. The van der Waals surface area contributed by atoms with Gasteiger partial charge in [0.1, 0.15) is 10.4 Å². The van der Waals surface area contributed by atoms with Crippen LogP contribution in [0.15, 0.2) is 24.3 Å². The van der Waals surface area contributed by atoms with E-state index >= 15 is 0 Å². The highest BCUT2D eigenvalue weighted by Crippen LogP contribution is 2.40. The van der Waals surface area contributed by atoms with Crippen molar-refractivity contribution in [3.05, 3.63) is 24.3 Å². The normalized spacial score (nSPS) is 12.2. The number of thioether (sulfide) groups is 1. The summed E-state index contributed by atoms with van der Waals surface area (Å²) < 4.78 is 2.18. The summed E-state index contributed by atoms with van der Waals surface area (Å²) in [5.41, 5.74) is 2.16. The number of rotatable bonds is 8. The van der Waals surface area contributed by atoms with Crippen LogP contribution >= 0.6 is 11.8 Å². The summed E-state index contributed by atoms with van der Waals surface area (Å²) in [5, 5.41) is 8.84. The van der Waals surface area contributed by atoms with Crippen LogP contribution in [0.1, 0.15) is 52.4 Å². The van der Waals surface area contributed by atoms with E-state index in [2.05, 4.69) is 47.2 Å². The molecule has 0 bridgehead atoms. The maximum atomic E-state index is 4.49. The van der Waals surface area contributed by atoms with Crippen molar-refractivity contribution in [3.63, 3.8) is 0 Å². The minimum Gasteiger partial charge on any atom is -0.229 e. The number of para-hydroxylation sites is 1. The van der Waals surface area contributed by atoms with Gasteiger partial charge >= 0.3 is 0 Å². The molecule has 0 saturated heterocycles. The van der Waals surface area contributed by atoms with Crippen molar-refractivity contribution in [1.82, 2.24) is 15.0 Å². The fraction of sp³-hybridized carbons (Fsp3) is 0.625. The minimum atomic E-state index is 0.0577. The number of hydrogen-bond donors (Lipinski definition) is 0. The van der Waals surface area contributed by atoms with Gasteiger partial charge in [0.05, 0.1) is 5.52 Å². The fourth-order valence-electron chi connectivity index (χ4n) is 2.70. The Kier molecular flexibility index (Phi) is 5.46. The van der Waals surface area contributed by atoms with Crippen molar-refractivity contribution in [1.29, 1.82) is 0 Å². The number of benzene rings is 1. The topological polar surface area (TPSA) is 30.7 Å². The molecule has 0 amide bonds. The average Bonchev–Trinajstić information content (AvgIpc) is 2.93. The molecule has 1 aromatic heterocycles. The molecule has 0 unspecified atom stereocenters. The van der Waals surface area contributed by atoms with Crippen LogP contribution in [0.25, 0.3) is 11.0 Å². The lowest BCUT2D eigenvalue weighted by Gasteiger charge is -2.32. The van der Waals surface area contributed by atoms with Crippen LogP contribution in [0.4, 0.5) is 0 Å². The van der Waals surface area contributed by atoms with Crippen LogP contribution in [0.3, 0.4) is 0 Å². The van der Waals surface area contributed by atoms with Gasteiger partial charge in [0, 0.05) is 0 Å². The van der Waals surface area contributed by atoms with E-state index in [9.17, 15) is 0 Å². The molecule has 3 nitrogen and oxygen atoms in total. The Hall–Kier alpha value is -1.03. The summed E-state index contributed by atoms with van der Waals surface area (Å²) in [6, 6.07) is 8.29. The standard InChI is InChI=1S/C16H25N3S/c1-4-6-12-16(20-3,13-7-5-2)19-15-11-9-8-10-14(15)17-18-19/h8-11H,4-7,12-13H2,1-3H3. The average molecular weight is 291 g/mol. The van der Waals surface area contributed by atoms with Crippen LogP contribution in [0, 0.1) is 0 Å². The van der Waals surface area contributed by atoms with Gasteiger partial charge in [0.2, 0.25) is 0 Å². The molecule has 1 heterocycles. The van der Waals surface area contributed by atoms with Gasteiger partial charge < -0.3 is 0 Å². The molecule has 1 aromatic carbocycles. The fourth-order valence-corrected chi connectivity index (χ4v) is 3.71. The predicted molar refractivity (Wildman–Crippen MR) is 88.1 cm³/mol. The van der Waals surface area contributed by atoms with E-state index in [0.717, 1.165) is 23.9 Å². The lowest BCUT2D eigenvalue weighted by Crippen LogP contribution is -2.31. The van der Waals surface area contributed by atoms with Gasteiger partial charge in [0.25, 0.3) is 0 Å². The third-order valence-corrected chi connectivity index (χ3v) is 5.30. The van der Waals surface area contributed by atoms with Crippen molar-refractivity contribution in [3.8, 4) is 0 Å². The molecule has 2 rings (SSSR count). The zero-order valence-corrected chi connectivity index (χ0v) is 13.6. The van der Waals surface area contributed by atoms with Crippen LogP contribution in [-0.2, 0) is 4.87 Å². The first-order valence-corrected chi connectivity index (χ1v) is 8.86. The van der Waals surface area contributed by atoms with E-state index in [1.54, 1.807) is 0 Å². The summed E-state index contributed by atoms with van der Waals surface area (Å²) in [6.45, 7) is 4.51. The third kappa shape index (κ3) is 3.00. The number of nitrogens with zero attached hydrogens (tertiary/aromatic N) is 3. The van der Waals surface area contributed by atoms with E-state index in [0.29, 0.717) is 0 Å². The summed E-state index contributed by atoms with van der Waals surface area (Å²) in [7, 11) is 0. The van der Waals surface area contributed by atoms with E-state index < -0.39 is 0 Å². The van der Waals surface area contributed by atoms with E-state index in [-0.39, 0.29) is 4.87 Å². The Morgan fingerprint density at radius 3 is 2.35 bits per heavy atom. The highest BCUT2D eigenvalue weighted by molar-refractivity contribution is 7.99. The zero-order chi connectivity index (χ0) is 14.4. The molecule has 2 aromatic rings. The highest BCUT2D eigenvalue weighted by atomic mass is 32.2. The van der Waals surface area contributed by atoms with Gasteiger partial charge in [-0.2, -0.15) is 0 Å².